The third-order valence-corrected chi connectivity index (χ3v) is 3.25. The van der Waals surface area contributed by atoms with Crippen molar-refractivity contribution in [3.63, 3.8) is 0 Å². The summed E-state index contributed by atoms with van der Waals surface area (Å²) in [5, 5.41) is 10.2. The Bertz CT molecular complexity index is 683. The molecule has 0 aliphatic carbocycles. The quantitative estimate of drug-likeness (QED) is 0.854. The van der Waals surface area contributed by atoms with Gasteiger partial charge in [-0.05, 0) is 25.1 Å². The van der Waals surface area contributed by atoms with Gasteiger partial charge in [-0.25, -0.2) is 4.79 Å². The molecule has 0 amide bonds. The SMILES string of the molecule is CCOC(=O)[C@@](O)(c1c[nH]c2ccc(Cl)cc12)C(F)(F)F. The Balaban J connectivity index is 2.70. The van der Waals surface area contributed by atoms with Gasteiger partial charge in [0.05, 0.1) is 6.61 Å². The summed E-state index contributed by atoms with van der Waals surface area (Å²) in [5.74, 6) is -1.78. The number of carbonyl (C=O) groups is 1. The zero-order chi connectivity index (χ0) is 15.8. The van der Waals surface area contributed by atoms with Crippen molar-refractivity contribution in [2.24, 2.45) is 0 Å². The molecule has 1 aromatic heterocycles. The van der Waals surface area contributed by atoms with Crippen molar-refractivity contribution in [3.8, 4) is 0 Å². The highest BCUT2D eigenvalue weighted by atomic mass is 35.5. The number of aromatic amines is 1. The molecule has 2 N–H and O–H groups in total. The molecule has 4 nitrogen and oxygen atoms in total. The van der Waals surface area contributed by atoms with Crippen LogP contribution in [0.25, 0.3) is 10.9 Å². The first kappa shape index (κ1) is 15.7. The summed E-state index contributed by atoms with van der Waals surface area (Å²) >= 11 is 5.76. The number of aromatic nitrogens is 1. The summed E-state index contributed by atoms with van der Waals surface area (Å²) in [7, 11) is 0. The second-order valence-electron chi connectivity index (χ2n) is 4.32. The third-order valence-electron chi connectivity index (χ3n) is 3.01. The van der Waals surface area contributed by atoms with Crippen LogP contribution in [0.4, 0.5) is 13.2 Å². The van der Waals surface area contributed by atoms with E-state index in [4.69, 9.17) is 11.6 Å². The van der Waals surface area contributed by atoms with Crippen molar-refractivity contribution in [2.45, 2.75) is 18.7 Å². The molecule has 1 aromatic carbocycles. The lowest BCUT2D eigenvalue weighted by Crippen LogP contribution is -2.50. The number of halogens is 4. The van der Waals surface area contributed by atoms with Gasteiger partial charge in [-0.2, -0.15) is 13.2 Å². The Hall–Kier alpha value is -1.73. The monoisotopic (exact) mass is 321 g/mol. The molecule has 114 valence electrons. The van der Waals surface area contributed by atoms with E-state index in [0.717, 1.165) is 6.20 Å². The highest BCUT2D eigenvalue weighted by Gasteiger charge is 2.63. The topological polar surface area (TPSA) is 62.3 Å². The van der Waals surface area contributed by atoms with Gasteiger partial charge in [0.2, 0.25) is 0 Å². The molecule has 0 aliphatic heterocycles. The van der Waals surface area contributed by atoms with Crippen LogP contribution in [0.3, 0.4) is 0 Å². The van der Waals surface area contributed by atoms with Crippen molar-refractivity contribution in [1.29, 1.82) is 0 Å². The molecule has 8 heteroatoms. The van der Waals surface area contributed by atoms with Gasteiger partial charge in [0.25, 0.3) is 5.60 Å². The molecule has 0 fully saturated rings. The molecule has 0 bridgehead atoms. The molecule has 0 radical (unpaired) electrons. The number of esters is 1. The summed E-state index contributed by atoms with van der Waals surface area (Å²) in [6.07, 6.45) is -4.32. The predicted molar refractivity (Wildman–Crippen MR) is 69.9 cm³/mol. The fourth-order valence-electron chi connectivity index (χ4n) is 2.01. The fourth-order valence-corrected chi connectivity index (χ4v) is 2.18. The molecule has 0 aliphatic rings. The third kappa shape index (κ3) is 2.47. The van der Waals surface area contributed by atoms with Gasteiger partial charge in [0, 0.05) is 27.7 Å². The summed E-state index contributed by atoms with van der Waals surface area (Å²) in [6, 6.07) is 4.16. The molecule has 0 unspecified atom stereocenters. The second-order valence-corrected chi connectivity index (χ2v) is 4.76. The summed E-state index contributed by atoms with van der Waals surface area (Å²) < 4.78 is 44.2. The number of aliphatic hydroxyl groups is 1. The predicted octanol–water partition coefficient (Wildman–Crippen LogP) is 3.13. The first-order chi connectivity index (χ1) is 9.71. The first-order valence-corrected chi connectivity index (χ1v) is 6.33. The van der Waals surface area contributed by atoms with Gasteiger partial charge < -0.3 is 14.8 Å². The molecule has 0 saturated carbocycles. The van der Waals surface area contributed by atoms with E-state index in [0.29, 0.717) is 5.52 Å². The van der Waals surface area contributed by atoms with Gasteiger partial charge in [-0.1, -0.05) is 11.6 Å². The summed E-state index contributed by atoms with van der Waals surface area (Å²) in [4.78, 5) is 14.3. The number of carbonyl (C=O) groups excluding carboxylic acids is 1. The molecular weight excluding hydrogens is 311 g/mol. The van der Waals surface area contributed by atoms with E-state index in [2.05, 4.69) is 9.72 Å². The number of nitrogens with one attached hydrogen (secondary N) is 1. The van der Waals surface area contributed by atoms with Gasteiger partial charge in [0.15, 0.2) is 0 Å². The van der Waals surface area contributed by atoms with Crippen LogP contribution in [0.1, 0.15) is 12.5 Å². The molecule has 2 rings (SSSR count). The van der Waals surface area contributed by atoms with E-state index >= 15 is 0 Å². The van der Waals surface area contributed by atoms with E-state index in [1.807, 2.05) is 0 Å². The molecule has 21 heavy (non-hydrogen) atoms. The molecular formula is C13H11ClF3NO3. The van der Waals surface area contributed by atoms with Crippen LogP contribution in [0.2, 0.25) is 5.02 Å². The minimum atomic E-state index is -5.24. The fraction of sp³-hybridized carbons (Fsp3) is 0.308. The van der Waals surface area contributed by atoms with Crippen LogP contribution in [-0.2, 0) is 15.1 Å². The number of hydrogen-bond acceptors (Lipinski definition) is 3. The van der Waals surface area contributed by atoms with E-state index in [1.54, 1.807) is 0 Å². The van der Waals surface area contributed by atoms with Gasteiger partial charge in [0.1, 0.15) is 0 Å². The molecule has 0 saturated heterocycles. The van der Waals surface area contributed by atoms with Crippen LogP contribution in [0.15, 0.2) is 24.4 Å². The zero-order valence-electron chi connectivity index (χ0n) is 10.8. The zero-order valence-corrected chi connectivity index (χ0v) is 11.5. The number of hydrogen-bond donors (Lipinski definition) is 2. The van der Waals surface area contributed by atoms with Gasteiger partial charge in [-0.15, -0.1) is 0 Å². The Morgan fingerprint density at radius 3 is 2.67 bits per heavy atom. The number of rotatable bonds is 3. The van der Waals surface area contributed by atoms with E-state index < -0.39 is 23.3 Å². The maximum atomic E-state index is 13.3. The Morgan fingerprint density at radius 1 is 1.43 bits per heavy atom. The molecule has 0 spiro atoms. The minimum Gasteiger partial charge on any atom is -0.463 e. The summed E-state index contributed by atoms with van der Waals surface area (Å²) in [5.41, 5.74) is -4.10. The maximum Gasteiger partial charge on any atom is 0.432 e. The molecule has 2 aromatic rings. The summed E-state index contributed by atoms with van der Waals surface area (Å²) in [6.45, 7) is 1.06. The average molecular weight is 322 g/mol. The van der Waals surface area contributed by atoms with Gasteiger partial charge in [-0.3, -0.25) is 0 Å². The second kappa shape index (κ2) is 5.23. The number of H-pyrrole nitrogens is 1. The van der Waals surface area contributed by atoms with Crippen LogP contribution in [0.5, 0.6) is 0 Å². The van der Waals surface area contributed by atoms with E-state index in [-0.39, 0.29) is 17.0 Å². The van der Waals surface area contributed by atoms with Crippen LogP contribution >= 0.6 is 11.6 Å². The Labute approximate surface area is 122 Å². The molecule has 1 atom stereocenters. The normalized spacial score (nSPS) is 15.0. The van der Waals surface area contributed by atoms with Crippen molar-refractivity contribution < 1.29 is 27.8 Å². The maximum absolute atomic E-state index is 13.3. The van der Waals surface area contributed by atoms with E-state index in [1.165, 1.54) is 25.1 Å². The lowest BCUT2D eigenvalue weighted by atomic mass is 9.92. The van der Waals surface area contributed by atoms with Crippen LogP contribution in [0, 0.1) is 0 Å². The largest absolute Gasteiger partial charge is 0.463 e. The number of benzene rings is 1. The highest BCUT2D eigenvalue weighted by Crippen LogP contribution is 2.43. The smallest absolute Gasteiger partial charge is 0.432 e. The number of fused-ring (bicyclic) bond motifs is 1. The van der Waals surface area contributed by atoms with Crippen molar-refractivity contribution in [1.82, 2.24) is 4.98 Å². The van der Waals surface area contributed by atoms with E-state index in [9.17, 15) is 23.1 Å². The lowest BCUT2D eigenvalue weighted by Gasteiger charge is -2.27. The average Bonchev–Trinajstić information content (AvgIpc) is 2.79. The van der Waals surface area contributed by atoms with Crippen molar-refractivity contribution >= 4 is 28.5 Å². The first-order valence-electron chi connectivity index (χ1n) is 5.95. The Kier molecular flexibility index (Phi) is 3.90. The highest BCUT2D eigenvalue weighted by molar-refractivity contribution is 6.31. The lowest BCUT2D eigenvalue weighted by molar-refractivity contribution is -0.267. The standard InChI is InChI=1S/C13H11ClF3NO3/c1-2-21-11(19)12(20,13(15,16)17)9-6-18-10-4-3-7(14)5-8(9)10/h3-6,18,20H,2H2,1H3/t12-/m0/s1. The number of alkyl halides is 3. The number of ether oxygens (including phenoxy) is 1. The van der Waals surface area contributed by atoms with Gasteiger partial charge >= 0.3 is 12.1 Å². The minimum absolute atomic E-state index is 0.00428. The van der Waals surface area contributed by atoms with Crippen LogP contribution < -0.4 is 0 Å². The molecule has 1 heterocycles. The van der Waals surface area contributed by atoms with Crippen LogP contribution in [-0.4, -0.2) is 28.8 Å². The Morgan fingerprint density at radius 2 is 2.10 bits per heavy atom. The van der Waals surface area contributed by atoms with Crippen molar-refractivity contribution in [2.75, 3.05) is 6.61 Å². The van der Waals surface area contributed by atoms with Crippen molar-refractivity contribution in [3.05, 3.63) is 35.0 Å².